The van der Waals surface area contributed by atoms with Gasteiger partial charge in [0, 0.05) is 12.6 Å². The van der Waals surface area contributed by atoms with Crippen molar-refractivity contribution in [2.45, 2.75) is 50.4 Å². The Kier molecular flexibility index (Phi) is 6.22. The molecule has 1 aliphatic carbocycles. The van der Waals surface area contributed by atoms with Gasteiger partial charge in [0.15, 0.2) is 0 Å². The van der Waals surface area contributed by atoms with E-state index in [0.717, 1.165) is 32.1 Å². The second-order valence-corrected chi connectivity index (χ2v) is 4.43. The van der Waals surface area contributed by atoms with Gasteiger partial charge in [-0.15, -0.1) is 0 Å². The van der Waals surface area contributed by atoms with Crippen molar-refractivity contribution in [1.29, 1.82) is 0 Å². The monoisotopic (exact) mass is 255 g/mol. The molecule has 2 atom stereocenters. The van der Waals surface area contributed by atoms with E-state index in [2.05, 4.69) is 10.1 Å². The van der Waals surface area contributed by atoms with Crippen molar-refractivity contribution < 1.29 is 23.0 Å². The lowest BCUT2D eigenvalue weighted by molar-refractivity contribution is -0.173. The number of nitrogens with one attached hydrogen (secondary N) is 1. The van der Waals surface area contributed by atoms with Gasteiger partial charge in [-0.25, -0.2) is 0 Å². The second kappa shape index (κ2) is 7.18. The fourth-order valence-corrected chi connectivity index (χ4v) is 2.03. The lowest BCUT2D eigenvalue weighted by atomic mass is 10.1. The third kappa shape index (κ3) is 6.85. The van der Waals surface area contributed by atoms with Crippen LogP contribution in [0.3, 0.4) is 0 Å². The minimum Gasteiger partial charge on any atom is -0.392 e. The Morgan fingerprint density at radius 2 is 1.88 bits per heavy atom. The highest BCUT2D eigenvalue weighted by Gasteiger charge is 2.27. The summed E-state index contributed by atoms with van der Waals surface area (Å²) in [7, 11) is 0. The normalized spacial score (nSPS) is 26.8. The summed E-state index contributed by atoms with van der Waals surface area (Å²) in [4.78, 5) is 0. The summed E-state index contributed by atoms with van der Waals surface area (Å²) in [5.74, 6) is 0. The van der Waals surface area contributed by atoms with E-state index in [9.17, 15) is 18.3 Å². The number of hydrogen-bond donors (Lipinski definition) is 2. The van der Waals surface area contributed by atoms with Crippen LogP contribution in [0.4, 0.5) is 13.2 Å². The molecule has 102 valence electrons. The van der Waals surface area contributed by atoms with Gasteiger partial charge in [-0.05, 0) is 12.8 Å². The van der Waals surface area contributed by atoms with E-state index in [4.69, 9.17) is 0 Å². The Balaban J connectivity index is 2.08. The molecule has 6 heteroatoms. The average molecular weight is 255 g/mol. The van der Waals surface area contributed by atoms with Crippen LogP contribution in [0.15, 0.2) is 0 Å². The molecule has 0 heterocycles. The standard InChI is InChI=1S/C11H20F3NO2/c12-11(13,14)8-17-7-6-15-9-4-2-1-3-5-10(9)16/h9-10,15-16H,1-8H2. The first kappa shape index (κ1) is 14.7. The topological polar surface area (TPSA) is 41.5 Å². The number of aliphatic hydroxyl groups is 1. The van der Waals surface area contributed by atoms with Gasteiger partial charge < -0.3 is 15.2 Å². The van der Waals surface area contributed by atoms with E-state index >= 15 is 0 Å². The largest absolute Gasteiger partial charge is 0.411 e. The summed E-state index contributed by atoms with van der Waals surface area (Å²) in [5, 5.41) is 12.8. The molecule has 2 unspecified atom stereocenters. The molecule has 17 heavy (non-hydrogen) atoms. The summed E-state index contributed by atoms with van der Waals surface area (Å²) in [6.45, 7) is -0.845. The van der Waals surface area contributed by atoms with Gasteiger partial charge in [0.05, 0.1) is 12.7 Å². The van der Waals surface area contributed by atoms with E-state index in [-0.39, 0.29) is 18.8 Å². The fourth-order valence-electron chi connectivity index (χ4n) is 2.03. The number of hydrogen-bond acceptors (Lipinski definition) is 3. The molecular weight excluding hydrogens is 235 g/mol. The minimum atomic E-state index is -4.26. The molecule has 0 spiro atoms. The zero-order chi connectivity index (χ0) is 12.7. The van der Waals surface area contributed by atoms with Gasteiger partial charge in [-0.3, -0.25) is 0 Å². The Labute approximate surface area is 99.3 Å². The molecule has 1 rings (SSSR count). The quantitative estimate of drug-likeness (QED) is 0.582. The summed E-state index contributed by atoms with van der Waals surface area (Å²) >= 11 is 0. The summed E-state index contributed by atoms with van der Waals surface area (Å²) in [6, 6.07) is -0.00742. The Hall–Kier alpha value is -0.330. The predicted octanol–water partition coefficient (Wildman–Crippen LogP) is 1.85. The first-order chi connectivity index (χ1) is 7.99. The number of halogens is 3. The first-order valence-corrected chi connectivity index (χ1v) is 6.05. The average Bonchev–Trinajstić information content (AvgIpc) is 2.42. The van der Waals surface area contributed by atoms with Crippen molar-refractivity contribution in [2.24, 2.45) is 0 Å². The number of rotatable bonds is 5. The smallest absolute Gasteiger partial charge is 0.392 e. The van der Waals surface area contributed by atoms with Gasteiger partial charge in [-0.2, -0.15) is 13.2 Å². The molecule has 1 fully saturated rings. The molecule has 0 bridgehead atoms. The molecule has 0 aromatic carbocycles. The first-order valence-electron chi connectivity index (χ1n) is 6.05. The van der Waals surface area contributed by atoms with Gasteiger partial charge >= 0.3 is 6.18 Å². The Morgan fingerprint density at radius 3 is 2.59 bits per heavy atom. The summed E-state index contributed by atoms with van der Waals surface area (Å²) in [5.41, 5.74) is 0. The second-order valence-electron chi connectivity index (χ2n) is 4.43. The van der Waals surface area contributed by atoms with Crippen molar-refractivity contribution >= 4 is 0 Å². The molecule has 0 aliphatic heterocycles. The van der Waals surface area contributed by atoms with E-state index in [0.29, 0.717) is 6.54 Å². The van der Waals surface area contributed by atoms with Crippen molar-refractivity contribution in [1.82, 2.24) is 5.32 Å². The molecule has 0 aromatic rings. The SMILES string of the molecule is OC1CCCCCC1NCCOCC(F)(F)F. The number of ether oxygens (including phenoxy) is 1. The zero-order valence-electron chi connectivity index (χ0n) is 9.80. The maximum atomic E-state index is 11.8. The van der Waals surface area contributed by atoms with E-state index in [1.165, 1.54) is 0 Å². The van der Waals surface area contributed by atoms with E-state index in [1.54, 1.807) is 0 Å². The maximum Gasteiger partial charge on any atom is 0.411 e. The zero-order valence-corrected chi connectivity index (χ0v) is 9.80. The van der Waals surface area contributed by atoms with Crippen molar-refractivity contribution in [2.75, 3.05) is 19.8 Å². The van der Waals surface area contributed by atoms with Gasteiger partial charge in [0.1, 0.15) is 6.61 Å². The van der Waals surface area contributed by atoms with Crippen LogP contribution in [0.25, 0.3) is 0 Å². The van der Waals surface area contributed by atoms with Gasteiger partial charge in [0.2, 0.25) is 0 Å². The van der Waals surface area contributed by atoms with Crippen LogP contribution in [-0.2, 0) is 4.74 Å². The van der Waals surface area contributed by atoms with Crippen LogP contribution in [0.1, 0.15) is 32.1 Å². The predicted molar refractivity (Wildman–Crippen MR) is 57.8 cm³/mol. The van der Waals surface area contributed by atoms with E-state index < -0.39 is 12.8 Å². The number of aliphatic hydroxyl groups excluding tert-OH is 1. The van der Waals surface area contributed by atoms with Gasteiger partial charge in [-0.1, -0.05) is 19.3 Å². The molecule has 0 amide bonds. The molecule has 0 aromatic heterocycles. The molecule has 2 N–H and O–H groups in total. The van der Waals surface area contributed by atoms with Crippen LogP contribution in [0, 0.1) is 0 Å². The fraction of sp³-hybridized carbons (Fsp3) is 1.00. The molecule has 1 aliphatic rings. The van der Waals surface area contributed by atoms with Crippen LogP contribution < -0.4 is 5.32 Å². The summed E-state index contributed by atoms with van der Waals surface area (Å²) < 4.78 is 39.8. The lowest BCUT2D eigenvalue weighted by Gasteiger charge is -2.21. The van der Waals surface area contributed by atoms with Crippen molar-refractivity contribution in [3.05, 3.63) is 0 Å². The minimum absolute atomic E-state index is 0.00742. The highest BCUT2D eigenvalue weighted by Crippen LogP contribution is 2.18. The van der Waals surface area contributed by atoms with Crippen LogP contribution in [-0.4, -0.2) is 43.2 Å². The Morgan fingerprint density at radius 1 is 1.18 bits per heavy atom. The number of alkyl halides is 3. The lowest BCUT2D eigenvalue weighted by Crippen LogP contribution is -2.40. The van der Waals surface area contributed by atoms with Crippen LogP contribution in [0.5, 0.6) is 0 Å². The maximum absolute atomic E-state index is 11.8. The third-order valence-corrected chi connectivity index (χ3v) is 2.90. The molecule has 0 saturated heterocycles. The highest BCUT2D eigenvalue weighted by atomic mass is 19.4. The van der Waals surface area contributed by atoms with Crippen molar-refractivity contribution in [3.63, 3.8) is 0 Å². The molecule has 1 saturated carbocycles. The Bertz CT molecular complexity index is 211. The van der Waals surface area contributed by atoms with Crippen LogP contribution in [0.2, 0.25) is 0 Å². The van der Waals surface area contributed by atoms with Crippen molar-refractivity contribution in [3.8, 4) is 0 Å². The molecule has 3 nitrogen and oxygen atoms in total. The van der Waals surface area contributed by atoms with Crippen LogP contribution >= 0.6 is 0 Å². The van der Waals surface area contributed by atoms with E-state index in [1.807, 2.05) is 0 Å². The third-order valence-electron chi connectivity index (χ3n) is 2.90. The molecule has 0 radical (unpaired) electrons. The highest BCUT2D eigenvalue weighted by molar-refractivity contribution is 4.78. The summed E-state index contributed by atoms with van der Waals surface area (Å²) in [6.07, 6.45) is 0.172. The molecular formula is C11H20F3NO2. The van der Waals surface area contributed by atoms with Gasteiger partial charge in [0.25, 0.3) is 0 Å².